The molecule has 1 aliphatic heterocycles. The Bertz CT molecular complexity index is 1400. The highest BCUT2D eigenvalue weighted by Gasteiger charge is 2.46. The van der Waals surface area contributed by atoms with Crippen molar-refractivity contribution < 1.29 is 17.6 Å². The molecule has 8 heteroatoms. The van der Waals surface area contributed by atoms with Crippen LogP contribution < -0.4 is 15.4 Å². The highest BCUT2D eigenvalue weighted by atomic mass is 32.2. The van der Waals surface area contributed by atoms with Crippen molar-refractivity contribution in [3.05, 3.63) is 83.2 Å². The van der Waals surface area contributed by atoms with Crippen LogP contribution >= 0.6 is 0 Å². The van der Waals surface area contributed by atoms with Crippen LogP contribution in [-0.2, 0) is 22.0 Å². The molecule has 3 aromatic rings. The maximum Gasteiger partial charge on any atom is 0.322 e. The largest absolute Gasteiger partial charge is 0.334 e. The van der Waals surface area contributed by atoms with Gasteiger partial charge in [-0.05, 0) is 84.0 Å². The minimum absolute atomic E-state index is 0.0383. The number of nitrogens with two attached hydrogens (primary N) is 1. The third-order valence-corrected chi connectivity index (χ3v) is 8.25. The molecule has 2 amide bonds. The Hall–Kier alpha value is -3.23. The lowest BCUT2D eigenvalue weighted by Crippen LogP contribution is -2.41. The molecule has 1 fully saturated rings. The molecule has 1 heterocycles. The number of sulfonamides is 1. The summed E-state index contributed by atoms with van der Waals surface area (Å²) in [5.74, 6) is -0.248. The van der Waals surface area contributed by atoms with Crippen molar-refractivity contribution in [2.75, 3.05) is 11.4 Å². The number of rotatable bonds is 4. The van der Waals surface area contributed by atoms with Crippen molar-refractivity contribution in [3.8, 4) is 11.1 Å². The Kier molecular flexibility index (Phi) is 5.89. The topological polar surface area (TPSA) is 92.5 Å². The quantitative estimate of drug-likeness (QED) is 0.536. The van der Waals surface area contributed by atoms with E-state index in [0.717, 1.165) is 53.6 Å². The van der Waals surface area contributed by atoms with Crippen LogP contribution in [0.2, 0.25) is 0 Å². The molecule has 1 spiro atoms. The van der Waals surface area contributed by atoms with Gasteiger partial charge in [0.2, 0.25) is 10.0 Å². The number of hydrogen-bond donors (Lipinski definition) is 2. The predicted molar refractivity (Wildman–Crippen MR) is 134 cm³/mol. The van der Waals surface area contributed by atoms with Crippen LogP contribution in [0.15, 0.2) is 65.6 Å². The van der Waals surface area contributed by atoms with E-state index in [4.69, 9.17) is 5.14 Å². The number of fused-ring (bicyclic) bond motifs is 2. The highest BCUT2D eigenvalue weighted by molar-refractivity contribution is 7.89. The van der Waals surface area contributed by atoms with Crippen molar-refractivity contribution >= 4 is 21.7 Å². The summed E-state index contributed by atoms with van der Waals surface area (Å²) in [5, 5.41) is 8.13. The molecule has 2 aliphatic rings. The van der Waals surface area contributed by atoms with E-state index in [1.807, 2.05) is 30.0 Å². The van der Waals surface area contributed by atoms with Crippen molar-refractivity contribution in [1.82, 2.24) is 5.32 Å². The first-order valence-corrected chi connectivity index (χ1v) is 13.3. The van der Waals surface area contributed by atoms with Gasteiger partial charge in [0.25, 0.3) is 0 Å². The predicted octanol–water partition coefficient (Wildman–Crippen LogP) is 4.99. The Morgan fingerprint density at radius 2 is 1.77 bits per heavy atom. The second-order valence-electron chi connectivity index (χ2n) is 9.61. The summed E-state index contributed by atoms with van der Waals surface area (Å²) in [6.45, 7) is 2.81. The third kappa shape index (κ3) is 4.44. The van der Waals surface area contributed by atoms with Gasteiger partial charge in [0.1, 0.15) is 5.82 Å². The molecule has 5 rings (SSSR count). The molecular formula is C27H28FN3O3S. The summed E-state index contributed by atoms with van der Waals surface area (Å²) in [4.78, 5) is 15.1. The number of anilines is 1. The number of carbonyl (C=O) groups excluding carboxylic acids is 1. The fourth-order valence-electron chi connectivity index (χ4n) is 5.52. The lowest BCUT2D eigenvalue weighted by Gasteiger charge is -2.25. The molecule has 0 bridgehead atoms. The van der Waals surface area contributed by atoms with E-state index in [1.165, 1.54) is 23.8 Å². The van der Waals surface area contributed by atoms with Crippen LogP contribution in [0.4, 0.5) is 14.9 Å². The Labute approximate surface area is 205 Å². The number of amides is 2. The number of halogens is 1. The third-order valence-electron chi connectivity index (χ3n) is 7.32. The summed E-state index contributed by atoms with van der Waals surface area (Å²) < 4.78 is 36.6. The van der Waals surface area contributed by atoms with Gasteiger partial charge in [0.05, 0.1) is 4.90 Å². The van der Waals surface area contributed by atoms with Gasteiger partial charge in [-0.25, -0.2) is 22.7 Å². The van der Waals surface area contributed by atoms with Gasteiger partial charge < -0.3 is 5.32 Å². The number of nitrogens with zero attached hydrogens (tertiary/aromatic N) is 1. The average molecular weight is 494 g/mol. The van der Waals surface area contributed by atoms with Gasteiger partial charge in [-0.1, -0.05) is 37.1 Å². The summed E-state index contributed by atoms with van der Waals surface area (Å²) in [5.41, 5.74) is 5.72. The maximum absolute atomic E-state index is 13.6. The first-order chi connectivity index (χ1) is 16.7. The normalized spacial score (nSPS) is 16.5. The Balaban J connectivity index is 1.40. The number of benzene rings is 3. The van der Waals surface area contributed by atoms with E-state index in [1.54, 1.807) is 18.2 Å². The molecule has 182 valence electrons. The molecule has 3 N–H and O–H groups in total. The molecule has 3 aromatic carbocycles. The smallest absolute Gasteiger partial charge is 0.322 e. The molecule has 1 saturated carbocycles. The Morgan fingerprint density at radius 1 is 1.06 bits per heavy atom. The summed E-state index contributed by atoms with van der Waals surface area (Å²) in [6.07, 6.45) is 4.32. The standard InChI is InChI=1S/C27H28FN3O3S/c1-18-14-21(28)7-10-23(18)20-6-11-25-24(15-20)27(12-2-3-13-27)17-31(25)26(32)30-16-19-4-8-22(9-5-19)35(29,33)34/h4-11,14-15H,2-3,12-13,16-17H2,1H3,(H,30,32)(H2,29,33,34). The molecular weight excluding hydrogens is 465 g/mol. The van der Waals surface area contributed by atoms with Crippen LogP contribution in [-0.4, -0.2) is 21.0 Å². The van der Waals surface area contributed by atoms with Crippen molar-refractivity contribution in [1.29, 1.82) is 0 Å². The summed E-state index contributed by atoms with van der Waals surface area (Å²) in [7, 11) is -3.75. The monoisotopic (exact) mass is 493 g/mol. The van der Waals surface area contributed by atoms with E-state index in [0.29, 0.717) is 6.54 Å². The zero-order valence-corrected chi connectivity index (χ0v) is 20.4. The Morgan fingerprint density at radius 3 is 2.43 bits per heavy atom. The summed E-state index contributed by atoms with van der Waals surface area (Å²) in [6, 6.07) is 17.0. The molecule has 0 saturated heterocycles. The summed E-state index contributed by atoms with van der Waals surface area (Å²) >= 11 is 0. The number of primary sulfonamides is 1. The van der Waals surface area contributed by atoms with Crippen LogP contribution in [0.3, 0.4) is 0 Å². The van der Waals surface area contributed by atoms with Crippen LogP contribution in [0.1, 0.15) is 42.4 Å². The molecule has 0 radical (unpaired) electrons. The van der Waals surface area contributed by atoms with Gasteiger partial charge >= 0.3 is 6.03 Å². The van der Waals surface area contributed by atoms with Crippen LogP contribution in [0, 0.1) is 12.7 Å². The first kappa shape index (κ1) is 23.5. The molecule has 0 atom stereocenters. The molecule has 0 unspecified atom stereocenters. The van der Waals surface area contributed by atoms with E-state index in [9.17, 15) is 17.6 Å². The first-order valence-electron chi connectivity index (χ1n) is 11.7. The molecule has 1 aliphatic carbocycles. The second kappa shape index (κ2) is 8.77. The van der Waals surface area contributed by atoms with Gasteiger partial charge in [-0.3, -0.25) is 4.90 Å². The number of nitrogens with one attached hydrogen (secondary N) is 1. The van der Waals surface area contributed by atoms with E-state index in [-0.39, 0.29) is 28.7 Å². The zero-order chi connectivity index (χ0) is 24.8. The number of aryl methyl sites for hydroxylation is 1. The SMILES string of the molecule is Cc1cc(F)ccc1-c1ccc2c(c1)C1(CCCC1)CN2C(=O)NCc1ccc(S(N)(=O)=O)cc1. The number of urea groups is 1. The number of hydrogen-bond acceptors (Lipinski definition) is 3. The van der Waals surface area contributed by atoms with E-state index >= 15 is 0 Å². The molecule has 35 heavy (non-hydrogen) atoms. The van der Waals surface area contributed by atoms with Crippen molar-refractivity contribution in [3.63, 3.8) is 0 Å². The highest BCUT2D eigenvalue weighted by Crippen LogP contribution is 2.51. The average Bonchev–Trinajstić information content (AvgIpc) is 3.42. The second-order valence-corrected chi connectivity index (χ2v) is 11.2. The van der Waals surface area contributed by atoms with Gasteiger partial charge in [0.15, 0.2) is 0 Å². The lowest BCUT2D eigenvalue weighted by atomic mass is 9.80. The zero-order valence-electron chi connectivity index (χ0n) is 19.6. The van der Waals surface area contributed by atoms with E-state index in [2.05, 4.69) is 11.4 Å². The molecule has 6 nitrogen and oxygen atoms in total. The van der Waals surface area contributed by atoms with Gasteiger partial charge in [0, 0.05) is 24.2 Å². The maximum atomic E-state index is 13.6. The van der Waals surface area contributed by atoms with Crippen molar-refractivity contribution in [2.45, 2.75) is 49.5 Å². The minimum Gasteiger partial charge on any atom is -0.334 e. The van der Waals surface area contributed by atoms with E-state index < -0.39 is 10.0 Å². The number of carbonyl (C=O) groups is 1. The van der Waals surface area contributed by atoms with Crippen molar-refractivity contribution in [2.24, 2.45) is 5.14 Å². The van der Waals surface area contributed by atoms with Gasteiger partial charge in [-0.2, -0.15) is 0 Å². The van der Waals surface area contributed by atoms with Crippen LogP contribution in [0.5, 0.6) is 0 Å². The minimum atomic E-state index is -3.75. The fourth-order valence-corrected chi connectivity index (χ4v) is 6.03. The molecule has 0 aromatic heterocycles. The lowest BCUT2D eigenvalue weighted by molar-refractivity contribution is 0.245. The fraction of sp³-hybridized carbons (Fsp3) is 0.296. The van der Waals surface area contributed by atoms with Gasteiger partial charge in [-0.15, -0.1) is 0 Å². The van der Waals surface area contributed by atoms with Crippen LogP contribution in [0.25, 0.3) is 11.1 Å².